The summed E-state index contributed by atoms with van der Waals surface area (Å²) < 4.78 is 0. The van der Waals surface area contributed by atoms with Crippen LogP contribution in [0.5, 0.6) is 0 Å². The minimum atomic E-state index is -0.217. The summed E-state index contributed by atoms with van der Waals surface area (Å²) >= 11 is 1.59. The molecule has 30 heavy (non-hydrogen) atoms. The maximum absolute atomic E-state index is 13.1. The predicted molar refractivity (Wildman–Crippen MR) is 123 cm³/mol. The van der Waals surface area contributed by atoms with Crippen LogP contribution in [-0.2, 0) is 0 Å². The fourth-order valence-electron chi connectivity index (χ4n) is 3.96. The molecule has 0 saturated heterocycles. The number of anilines is 2. The van der Waals surface area contributed by atoms with Gasteiger partial charge in [0.15, 0.2) is 0 Å². The van der Waals surface area contributed by atoms with Crippen LogP contribution < -0.4 is 15.5 Å². The summed E-state index contributed by atoms with van der Waals surface area (Å²) in [6, 6.07) is 13.2. The number of nitrogens with one attached hydrogen (secondary N) is 2. The molecule has 0 radical (unpaired) electrons. The van der Waals surface area contributed by atoms with Gasteiger partial charge in [0.25, 0.3) is 5.91 Å². The van der Waals surface area contributed by atoms with E-state index in [4.69, 9.17) is 0 Å². The Balaban J connectivity index is 1.45. The number of rotatable bonds is 5. The normalized spacial score (nSPS) is 15.6. The second-order valence-electron chi connectivity index (χ2n) is 7.57. The van der Waals surface area contributed by atoms with Crippen LogP contribution in [0.1, 0.15) is 49.4 Å². The average molecular weight is 422 g/mol. The van der Waals surface area contributed by atoms with E-state index in [1.807, 2.05) is 49.4 Å². The number of nitrogens with zero attached hydrogens (tertiary/aromatic N) is 1. The molecule has 5 nitrogen and oxygen atoms in total. The van der Waals surface area contributed by atoms with Crippen molar-refractivity contribution in [1.29, 1.82) is 0 Å². The number of carbonyl (C=O) groups is 2. The van der Waals surface area contributed by atoms with E-state index >= 15 is 0 Å². The van der Waals surface area contributed by atoms with E-state index < -0.39 is 0 Å². The minimum Gasteiger partial charge on any atom is -0.338 e. The molecular weight excluding hydrogens is 394 g/mol. The second-order valence-corrected chi connectivity index (χ2v) is 8.65. The first-order valence-electron chi connectivity index (χ1n) is 10.6. The minimum absolute atomic E-state index is 0.0123. The standard InChI is InChI=1S/C24H27N3O2S/c1-2-27-20-16-18(26-24(29)25-15-14-17-8-4-3-5-9-17)12-13-22(20)30-21-11-7-6-10-19(21)23(27)28/h6-8,10-13,16H,2-5,9,14-15H2,1H3,(H2,25,26,29). The van der Waals surface area contributed by atoms with Crippen LogP contribution in [0.2, 0.25) is 0 Å². The van der Waals surface area contributed by atoms with Crippen molar-refractivity contribution < 1.29 is 9.59 Å². The number of carbonyl (C=O) groups excluding carboxylic acids is 2. The number of allylic oxidation sites excluding steroid dienone is 1. The van der Waals surface area contributed by atoms with Gasteiger partial charge in [-0.1, -0.05) is 35.5 Å². The monoisotopic (exact) mass is 421 g/mol. The van der Waals surface area contributed by atoms with Crippen LogP contribution in [-0.4, -0.2) is 25.0 Å². The molecule has 1 aliphatic heterocycles. The van der Waals surface area contributed by atoms with Crippen LogP contribution in [0, 0.1) is 0 Å². The van der Waals surface area contributed by atoms with Crippen LogP contribution >= 0.6 is 11.8 Å². The quantitative estimate of drug-likeness (QED) is 0.597. The first kappa shape index (κ1) is 20.5. The highest BCUT2D eigenvalue weighted by Gasteiger charge is 2.26. The Bertz CT molecular complexity index is 986. The molecular formula is C24H27N3O2S. The second kappa shape index (κ2) is 9.39. The van der Waals surface area contributed by atoms with Crippen LogP contribution in [0.3, 0.4) is 0 Å². The van der Waals surface area contributed by atoms with Gasteiger partial charge in [0.1, 0.15) is 0 Å². The van der Waals surface area contributed by atoms with Crippen LogP contribution in [0.15, 0.2) is 63.9 Å². The summed E-state index contributed by atoms with van der Waals surface area (Å²) in [5, 5.41) is 5.86. The molecule has 156 valence electrons. The van der Waals surface area contributed by atoms with Crippen molar-refractivity contribution in [2.45, 2.75) is 48.8 Å². The van der Waals surface area contributed by atoms with Crippen molar-refractivity contribution in [2.75, 3.05) is 23.3 Å². The lowest BCUT2D eigenvalue weighted by atomic mass is 9.97. The molecule has 0 fully saturated rings. The van der Waals surface area contributed by atoms with Gasteiger partial charge in [0, 0.05) is 28.6 Å². The summed E-state index contributed by atoms with van der Waals surface area (Å²) in [7, 11) is 0. The molecule has 4 rings (SSSR count). The van der Waals surface area contributed by atoms with Gasteiger partial charge in [0.2, 0.25) is 0 Å². The van der Waals surface area contributed by atoms with Gasteiger partial charge in [-0.25, -0.2) is 4.79 Å². The zero-order valence-corrected chi connectivity index (χ0v) is 18.1. The Labute approximate surface area is 181 Å². The lowest BCUT2D eigenvalue weighted by Crippen LogP contribution is -2.31. The summed E-state index contributed by atoms with van der Waals surface area (Å²) in [5.74, 6) is -0.0123. The lowest BCUT2D eigenvalue weighted by Gasteiger charge is -2.22. The first-order valence-corrected chi connectivity index (χ1v) is 11.4. The average Bonchev–Trinajstić information content (AvgIpc) is 2.88. The number of benzene rings is 2. The number of fused-ring (bicyclic) bond motifs is 2. The summed E-state index contributed by atoms with van der Waals surface area (Å²) in [4.78, 5) is 29.1. The molecule has 3 amide bonds. The molecule has 0 unspecified atom stereocenters. The Kier molecular flexibility index (Phi) is 6.43. The Morgan fingerprint density at radius 1 is 1.13 bits per heavy atom. The molecule has 2 aromatic carbocycles. The molecule has 2 aliphatic rings. The number of hydrogen-bond acceptors (Lipinski definition) is 3. The highest BCUT2D eigenvalue weighted by Crippen LogP contribution is 2.42. The van der Waals surface area contributed by atoms with E-state index in [9.17, 15) is 9.59 Å². The third-order valence-electron chi connectivity index (χ3n) is 5.52. The van der Waals surface area contributed by atoms with Gasteiger partial charge in [0.05, 0.1) is 11.3 Å². The van der Waals surface area contributed by atoms with Gasteiger partial charge < -0.3 is 15.5 Å². The zero-order valence-electron chi connectivity index (χ0n) is 17.2. The molecule has 0 atom stereocenters. The molecule has 2 aromatic rings. The Hall–Kier alpha value is -2.73. The predicted octanol–water partition coefficient (Wildman–Crippen LogP) is 5.83. The Morgan fingerprint density at radius 3 is 2.80 bits per heavy atom. The summed E-state index contributed by atoms with van der Waals surface area (Å²) in [6.07, 6.45) is 8.05. The van der Waals surface area contributed by atoms with E-state index in [1.54, 1.807) is 16.7 Å². The summed E-state index contributed by atoms with van der Waals surface area (Å²) in [5.41, 5.74) is 3.67. The van der Waals surface area contributed by atoms with Gasteiger partial charge in [-0.15, -0.1) is 0 Å². The third kappa shape index (κ3) is 4.54. The molecule has 0 saturated carbocycles. The number of amides is 3. The largest absolute Gasteiger partial charge is 0.338 e. The number of hydrogen-bond donors (Lipinski definition) is 2. The van der Waals surface area contributed by atoms with Crippen molar-refractivity contribution in [3.05, 3.63) is 59.7 Å². The van der Waals surface area contributed by atoms with Gasteiger partial charge in [-0.05, 0) is 69.4 Å². The zero-order chi connectivity index (χ0) is 20.9. The number of urea groups is 1. The van der Waals surface area contributed by atoms with E-state index in [-0.39, 0.29) is 11.9 Å². The molecule has 0 bridgehead atoms. The molecule has 2 N–H and O–H groups in total. The molecule has 0 spiro atoms. The SMILES string of the molecule is CCN1C(=O)c2ccccc2Sc2ccc(NC(=O)NCCC3=CCCCC3)cc21. The molecule has 6 heteroatoms. The van der Waals surface area contributed by atoms with Crippen molar-refractivity contribution in [3.8, 4) is 0 Å². The first-order chi connectivity index (χ1) is 14.7. The summed E-state index contributed by atoms with van der Waals surface area (Å²) in [6.45, 7) is 3.16. The van der Waals surface area contributed by atoms with Crippen molar-refractivity contribution in [2.24, 2.45) is 0 Å². The maximum Gasteiger partial charge on any atom is 0.319 e. The van der Waals surface area contributed by atoms with E-state index in [1.165, 1.54) is 18.4 Å². The van der Waals surface area contributed by atoms with Gasteiger partial charge >= 0.3 is 6.03 Å². The van der Waals surface area contributed by atoms with Crippen molar-refractivity contribution in [3.63, 3.8) is 0 Å². The smallest absolute Gasteiger partial charge is 0.319 e. The lowest BCUT2D eigenvalue weighted by molar-refractivity contribution is 0.0985. The Morgan fingerprint density at radius 2 is 2.00 bits per heavy atom. The van der Waals surface area contributed by atoms with Crippen molar-refractivity contribution >= 4 is 35.1 Å². The van der Waals surface area contributed by atoms with Crippen molar-refractivity contribution in [1.82, 2.24) is 5.32 Å². The molecule has 0 aromatic heterocycles. The fourth-order valence-corrected chi connectivity index (χ4v) is 5.01. The van der Waals surface area contributed by atoms with E-state index in [0.717, 1.165) is 34.7 Å². The van der Waals surface area contributed by atoms with Crippen LogP contribution in [0.4, 0.5) is 16.2 Å². The molecule has 1 aliphatic carbocycles. The van der Waals surface area contributed by atoms with Gasteiger partial charge in [-0.3, -0.25) is 4.79 Å². The highest BCUT2D eigenvalue weighted by molar-refractivity contribution is 7.99. The van der Waals surface area contributed by atoms with E-state index in [0.29, 0.717) is 24.3 Å². The van der Waals surface area contributed by atoms with E-state index in [2.05, 4.69) is 16.7 Å². The fraction of sp³-hybridized carbons (Fsp3) is 0.333. The topological polar surface area (TPSA) is 61.4 Å². The third-order valence-corrected chi connectivity index (χ3v) is 6.66. The maximum atomic E-state index is 13.1. The highest BCUT2D eigenvalue weighted by atomic mass is 32.2. The van der Waals surface area contributed by atoms with Crippen LogP contribution in [0.25, 0.3) is 0 Å². The van der Waals surface area contributed by atoms with Gasteiger partial charge in [-0.2, -0.15) is 0 Å². The molecule has 1 heterocycles.